The van der Waals surface area contributed by atoms with Gasteiger partial charge in [-0.05, 0) is 56.0 Å². The minimum absolute atomic E-state index is 0.0960. The van der Waals surface area contributed by atoms with Crippen molar-refractivity contribution < 1.29 is 19.1 Å². The van der Waals surface area contributed by atoms with Gasteiger partial charge in [0, 0.05) is 22.2 Å². The SMILES string of the molecule is CCC(C)(C)NC(=O)[C@@H](c1cccs1)N(C(=O)Cn1nnc2ccccc21)c1ccc2c(c1)OCCO2. The molecule has 0 unspecified atom stereocenters. The molecule has 37 heavy (non-hydrogen) atoms. The van der Waals surface area contributed by atoms with Gasteiger partial charge in [-0.2, -0.15) is 0 Å². The summed E-state index contributed by atoms with van der Waals surface area (Å²) >= 11 is 1.43. The molecule has 2 aromatic carbocycles. The van der Waals surface area contributed by atoms with Gasteiger partial charge in [-0.25, -0.2) is 4.68 Å². The first-order valence-electron chi connectivity index (χ1n) is 12.2. The van der Waals surface area contributed by atoms with Gasteiger partial charge in [0.1, 0.15) is 31.3 Å². The molecular formula is C27H29N5O4S. The first-order chi connectivity index (χ1) is 17.9. The van der Waals surface area contributed by atoms with Gasteiger partial charge >= 0.3 is 0 Å². The molecule has 1 N–H and O–H groups in total. The number of carbonyl (C=O) groups is 2. The van der Waals surface area contributed by atoms with Crippen LogP contribution in [0.25, 0.3) is 11.0 Å². The fourth-order valence-corrected chi connectivity index (χ4v) is 4.98. The lowest BCUT2D eigenvalue weighted by Gasteiger charge is -2.34. The van der Waals surface area contributed by atoms with Crippen LogP contribution in [0.4, 0.5) is 5.69 Å². The van der Waals surface area contributed by atoms with Crippen molar-refractivity contribution in [3.8, 4) is 11.5 Å². The third-order valence-electron chi connectivity index (χ3n) is 6.44. The maximum absolute atomic E-state index is 14.1. The second-order valence-corrected chi connectivity index (χ2v) is 10.5. The van der Waals surface area contributed by atoms with Crippen molar-refractivity contribution in [1.29, 1.82) is 0 Å². The van der Waals surface area contributed by atoms with Gasteiger partial charge in [0.2, 0.25) is 11.8 Å². The maximum Gasteiger partial charge on any atom is 0.249 e. The molecule has 1 aliphatic rings. The topological polar surface area (TPSA) is 98.6 Å². The van der Waals surface area contributed by atoms with Crippen molar-refractivity contribution in [2.45, 2.75) is 45.3 Å². The number of rotatable bonds is 8. The molecule has 3 heterocycles. The Morgan fingerprint density at radius 1 is 1.11 bits per heavy atom. The van der Waals surface area contributed by atoms with Crippen molar-refractivity contribution in [3.63, 3.8) is 0 Å². The van der Waals surface area contributed by atoms with Crippen LogP contribution in [-0.4, -0.2) is 45.6 Å². The summed E-state index contributed by atoms with van der Waals surface area (Å²) in [6, 6.07) is 15.6. The van der Waals surface area contributed by atoms with Crippen LogP contribution in [0.3, 0.4) is 0 Å². The molecule has 1 aliphatic heterocycles. The quantitative estimate of drug-likeness (QED) is 0.372. The normalized spacial score (nSPS) is 13.8. The summed E-state index contributed by atoms with van der Waals surface area (Å²) < 4.78 is 13.0. The predicted molar refractivity (Wildman–Crippen MR) is 142 cm³/mol. The fraction of sp³-hybridized carbons (Fsp3) is 0.333. The largest absolute Gasteiger partial charge is 0.486 e. The van der Waals surface area contributed by atoms with Crippen LogP contribution in [0, 0.1) is 0 Å². The van der Waals surface area contributed by atoms with Crippen molar-refractivity contribution in [2.24, 2.45) is 0 Å². The van der Waals surface area contributed by atoms with Crippen molar-refractivity contribution in [1.82, 2.24) is 20.3 Å². The Morgan fingerprint density at radius 3 is 2.65 bits per heavy atom. The molecule has 5 rings (SSSR count). The Morgan fingerprint density at radius 2 is 1.89 bits per heavy atom. The van der Waals surface area contributed by atoms with E-state index < -0.39 is 11.6 Å². The number of nitrogens with zero attached hydrogens (tertiary/aromatic N) is 4. The molecule has 4 aromatic rings. The summed E-state index contributed by atoms with van der Waals surface area (Å²) in [5.41, 5.74) is 1.51. The summed E-state index contributed by atoms with van der Waals surface area (Å²) in [5.74, 6) is 0.567. The van der Waals surface area contributed by atoms with Gasteiger partial charge in [-0.3, -0.25) is 14.5 Å². The summed E-state index contributed by atoms with van der Waals surface area (Å²) in [6.07, 6.45) is 0.735. The van der Waals surface area contributed by atoms with Crippen LogP contribution in [0.1, 0.15) is 38.1 Å². The summed E-state index contributed by atoms with van der Waals surface area (Å²) in [7, 11) is 0. The third kappa shape index (κ3) is 5.15. The van der Waals surface area contributed by atoms with E-state index >= 15 is 0 Å². The van der Waals surface area contributed by atoms with Crippen LogP contribution >= 0.6 is 11.3 Å². The number of benzene rings is 2. The molecule has 0 saturated heterocycles. The lowest BCUT2D eigenvalue weighted by atomic mass is 10.0. The highest BCUT2D eigenvalue weighted by Gasteiger charge is 2.36. The molecule has 0 radical (unpaired) electrons. The average molecular weight is 520 g/mol. The number of carbonyl (C=O) groups excluding carboxylic acids is 2. The van der Waals surface area contributed by atoms with E-state index in [2.05, 4.69) is 15.6 Å². The van der Waals surface area contributed by atoms with Gasteiger partial charge in [-0.15, -0.1) is 16.4 Å². The van der Waals surface area contributed by atoms with Gasteiger partial charge in [0.05, 0.1) is 5.52 Å². The van der Waals surface area contributed by atoms with E-state index in [1.165, 1.54) is 16.2 Å². The summed E-state index contributed by atoms with van der Waals surface area (Å²) in [5, 5.41) is 13.4. The highest BCUT2D eigenvalue weighted by Crippen LogP contribution is 2.38. The molecule has 192 valence electrons. The van der Waals surface area contributed by atoms with E-state index in [1.54, 1.807) is 22.9 Å². The van der Waals surface area contributed by atoms with Crippen molar-refractivity contribution in [2.75, 3.05) is 18.1 Å². The van der Waals surface area contributed by atoms with Crippen LogP contribution in [0.2, 0.25) is 0 Å². The Kier molecular flexibility index (Phi) is 6.84. The van der Waals surface area contributed by atoms with E-state index in [0.29, 0.717) is 35.9 Å². The van der Waals surface area contributed by atoms with Crippen LogP contribution in [0.5, 0.6) is 11.5 Å². The number of ether oxygens (including phenoxy) is 2. The molecule has 0 bridgehead atoms. The Bertz CT molecular complexity index is 1420. The zero-order valence-corrected chi connectivity index (χ0v) is 21.8. The highest BCUT2D eigenvalue weighted by molar-refractivity contribution is 7.10. The number of hydrogen-bond acceptors (Lipinski definition) is 7. The summed E-state index contributed by atoms with van der Waals surface area (Å²) in [6.45, 7) is 6.72. The van der Waals surface area contributed by atoms with Gasteiger partial charge < -0.3 is 14.8 Å². The number of fused-ring (bicyclic) bond motifs is 2. The second kappa shape index (κ2) is 10.2. The van der Waals surface area contributed by atoms with Crippen LogP contribution < -0.4 is 19.7 Å². The fourth-order valence-electron chi connectivity index (χ4n) is 4.17. The number of anilines is 1. The Hall–Kier alpha value is -3.92. The van der Waals surface area contributed by atoms with E-state index in [-0.39, 0.29) is 18.4 Å². The van der Waals surface area contributed by atoms with Crippen LogP contribution in [-0.2, 0) is 16.1 Å². The molecule has 9 nitrogen and oxygen atoms in total. The number of thiophene rings is 1. The van der Waals surface area contributed by atoms with E-state index in [4.69, 9.17) is 9.47 Å². The van der Waals surface area contributed by atoms with Crippen molar-refractivity contribution in [3.05, 3.63) is 64.9 Å². The molecule has 0 spiro atoms. The molecule has 10 heteroatoms. The minimum atomic E-state index is -0.893. The molecule has 2 amide bonds. The zero-order valence-electron chi connectivity index (χ0n) is 21.0. The number of nitrogens with one attached hydrogen (secondary N) is 1. The molecule has 0 saturated carbocycles. The van der Waals surface area contributed by atoms with E-state index in [9.17, 15) is 9.59 Å². The van der Waals surface area contributed by atoms with E-state index in [1.807, 2.05) is 62.5 Å². The predicted octanol–water partition coefficient (Wildman–Crippen LogP) is 4.34. The Balaban J connectivity index is 1.59. The molecule has 0 fully saturated rings. The Labute approximate surface area is 219 Å². The molecule has 1 atom stereocenters. The molecular weight excluding hydrogens is 490 g/mol. The standard InChI is InChI=1S/C27H29N5O4S/c1-4-27(2,3)28-26(34)25(23-10-7-15-37-23)32(18-11-12-21-22(16-18)36-14-13-35-21)24(33)17-31-20-9-6-5-8-19(20)29-30-31/h5-12,15-16,25H,4,13-14,17H2,1-3H3,(H,28,34)/t25-/m1/s1. The van der Waals surface area contributed by atoms with Gasteiger partial charge in [0.25, 0.3) is 0 Å². The smallest absolute Gasteiger partial charge is 0.249 e. The van der Waals surface area contributed by atoms with Gasteiger partial charge in [0.15, 0.2) is 11.5 Å². The molecule has 2 aromatic heterocycles. The third-order valence-corrected chi connectivity index (χ3v) is 7.37. The van der Waals surface area contributed by atoms with Crippen molar-refractivity contribution >= 4 is 39.9 Å². The summed E-state index contributed by atoms with van der Waals surface area (Å²) in [4.78, 5) is 30.2. The number of hydrogen-bond donors (Lipinski definition) is 1. The average Bonchev–Trinajstić information content (AvgIpc) is 3.57. The zero-order chi connectivity index (χ0) is 26.0. The number of para-hydroxylation sites is 1. The highest BCUT2D eigenvalue weighted by atomic mass is 32.1. The van der Waals surface area contributed by atoms with Gasteiger partial charge in [-0.1, -0.05) is 30.3 Å². The monoisotopic (exact) mass is 519 g/mol. The first-order valence-corrected chi connectivity index (χ1v) is 13.1. The number of amides is 2. The van der Waals surface area contributed by atoms with E-state index in [0.717, 1.165) is 16.8 Å². The maximum atomic E-state index is 14.1. The molecule has 0 aliphatic carbocycles. The van der Waals surface area contributed by atoms with Crippen LogP contribution in [0.15, 0.2) is 60.0 Å². The first kappa shape index (κ1) is 24.8. The second-order valence-electron chi connectivity index (χ2n) is 9.47. The number of aromatic nitrogens is 3. The lowest BCUT2D eigenvalue weighted by molar-refractivity contribution is -0.128. The minimum Gasteiger partial charge on any atom is -0.486 e. The lowest BCUT2D eigenvalue weighted by Crippen LogP contribution is -2.50.